The van der Waals surface area contributed by atoms with Crippen LogP contribution in [0.3, 0.4) is 0 Å². The summed E-state index contributed by atoms with van der Waals surface area (Å²) in [4.78, 5) is 11.3. The van der Waals surface area contributed by atoms with Crippen molar-refractivity contribution in [2.75, 3.05) is 6.54 Å². The molecular weight excluding hydrogens is 212 g/mol. The molecule has 0 aromatic heterocycles. The van der Waals surface area contributed by atoms with Gasteiger partial charge in [-0.25, -0.2) is 0 Å². The third-order valence-electron chi connectivity index (χ3n) is 2.19. The summed E-state index contributed by atoms with van der Waals surface area (Å²) >= 11 is 0. The highest BCUT2D eigenvalue weighted by molar-refractivity contribution is 5.85. The molecule has 0 radical (unpaired) electrons. The Morgan fingerprint density at radius 3 is 2.40 bits per heavy atom. The van der Waals surface area contributed by atoms with Crippen LogP contribution in [0, 0.1) is 5.92 Å². The quantitative estimate of drug-likeness (QED) is 0.665. The highest BCUT2D eigenvalue weighted by Crippen LogP contribution is 2.02. The first-order chi connectivity index (χ1) is 6.57. The van der Waals surface area contributed by atoms with E-state index in [-0.39, 0.29) is 24.4 Å². The summed E-state index contributed by atoms with van der Waals surface area (Å²) in [6, 6.07) is -0.320. The normalized spacial score (nSPS) is 12.1. The van der Waals surface area contributed by atoms with Gasteiger partial charge in [0.2, 0.25) is 5.91 Å². The lowest BCUT2D eigenvalue weighted by Gasteiger charge is -2.11. The number of amides is 1. The number of hydrogen-bond donors (Lipinski definition) is 2. The van der Waals surface area contributed by atoms with Crippen molar-refractivity contribution in [3.05, 3.63) is 0 Å². The van der Waals surface area contributed by atoms with Crippen molar-refractivity contribution in [3.63, 3.8) is 0 Å². The molecule has 15 heavy (non-hydrogen) atoms. The predicted molar refractivity (Wildman–Crippen MR) is 67.2 cm³/mol. The number of nitrogens with two attached hydrogens (primary N) is 1. The Labute approximate surface area is 99.6 Å². The van der Waals surface area contributed by atoms with Crippen LogP contribution in [0.1, 0.15) is 46.5 Å². The van der Waals surface area contributed by atoms with E-state index in [0.29, 0.717) is 5.92 Å². The molecule has 0 aliphatic carbocycles. The summed E-state index contributed by atoms with van der Waals surface area (Å²) in [6.45, 7) is 7.16. The van der Waals surface area contributed by atoms with Gasteiger partial charge in [-0.15, -0.1) is 12.4 Å². The van der Waals surface area contributed by atoms with Gasteiger partial charge in [-0.05, 0) is 25.2 Å². The van der Waals surface area contributed by atoms with Gasteiger partial charge in [-0.3, -0.25) is 4.79 Å². The van der Waals surface area contributed by atoms with Crippen molar-refractivity contribution in [1.29, 1.82) is 0 Å². The largest absolute Gasteiger partial charge is 0.355 e. The molecule has 0 bridgehead atoms. The summed E-state index contributed by atoms with van der Waals surface area (Å²) in [7, 11) is 0. The average molecular weight is 237 g/mol. The molecule has 3 nitrogen and oxygen atoms in total. The van der Waals surface area contributed by atoms with E-state index in [1.807, 2.05) is 6.92 Å². The molecule has 92 valence electrons. The van der Waals surface area contributed by atoms with Crippen molar-refractivity contribution in [2.45, 2.75) is 52.5 Å². The lowest BCUT2D eigenvalue weighted by atomic mass is 10.1. The molecule has 1 atom stereocenters. The molecule has 0 aliphatic rings. The average Bonchev–Trinajstić information content (AvgIpc) is 2.12. The van der Waals surface area contributed by atoms with E-state index in [0.717, 1.165) is 32.2 Å². The fourth-order valence-corrected chi connectivity index (χ4v) is 1.30. The van der Waals surface area contributed by atoms with Gasteiger partial charge < -0.3 is 11.1 Å². The molecule has 1 unspecified atom stereocenters. The number of carbonyl (C=O) groups is 1. The fraction of sp³-hybridized carbons (Fsp3) is 0.909. The van der Waals surface area contributed by atoms with Crippen LogP contribution in [0.25, 0.3) is 0 Å². The molecule has 0 spiro atoms. The van der Waals surface area contributed by atoms with Crippen LogP contribution in [0.2, 0.25) is 0 Å². The van der Waals surface area contributed by atoms with E-state index in [1.54, 1.807) is 0 Å². The van der Waals surface area contributed by atoms with Gasteiger partial charge in [0.1, 0.15) is 0 Å². The molecule has 1 amide bonds. The van der Waals surface area contributed by atoms with Crippen LogP contribution in [-0.4, -0.2) is 18.5 Å². The van der Waals surface area contributed by atoms with Gasteiger partial charge in [0, 0.05) is 6.54 Å². The summed E-state index contributed by atoms with van der Waals surface area (Å²) in [5.74, 6) is 0.701. The standard InChI is InChI=1S/C11H24N2O.ClH/c1-4-6-10(12)11(14)13-8-5-7-9(2)3;/h9-10H,4-8,12H2,1-3H3,(H,13,14);1H. The molecular formula is C11H25ClN2O. The Morgan fingerprint density at radius 2 is 1.93 bits per heavy atom. The van der Waals surface area contributed by atoms with Gasteiger partial charge in [0.05, 0.1) is 6.04 Å². The van der Waals surface area contributed by atoms with Crippen LogP contribution < -0.4 is 11.1 Å². The molecule has 0 saturated heterocycles. The summed E-state index contributed by atoms with van der Waals surface area (Å²) in [5, 5.41) is 2.86. The molecule has 0 saturated carbocycles. The fourth-order valence-electron chi connectivity index (χ4n) is 1.30. The number of carbonyl (C=O) groups excluding carboxylic acids is 1. The molecule has 0 heterocycles. The van der Waals surface area contributed by atoms with E-state index in [9.17, 15) is 4.79 Å². The minimum atomic E-state index is -0.320. The van der Waals surface area contributed by atoms with Crippen molar-refractivity contribution >= 4 is 18.3 Å². The molecule has 0 aliphatic heterocycles. The first-order valence-electron chi connectivity index (χ1n) is 5.61. The first kappa shape index (κ1) is 17.1. The van der Waals surface area contributed by atoms with Gasteiger partial charge in [0.15, 0.2) is 0 Å². The number of rotatable bonds is 7. The zero-order chi connectivity index (χ0) is 11.0. The van der Waals surface area contributed by atoms with Crippen LogP contribution in [0.4, 0.5) is 0 Å². The summed E-state index contributed by atoms with van der Waals surface area (Å²) in [5.41, 5.74) is 5.66. The first-order valence-corrected chi connectivity index (χ1v) is 5.61. The van der Waals surface area contributed by atoms with E-state index < -0.39 is 0 Å². The smallest absolute Gasteiger partial charge is 0.236 e. The zero-order valence-electron chi connectivity index (χ0n) is 10.1. The minimum absolute atomic E-state index is 0. The van der Waals surface area contributed by atoms with Gasteiger partial charge in [0.25, 0.3) is 0 Å². The second kappa shape index (κ2) is 10.2. The van der Waals surface area contributed by atoms with Crippen molar-refractivity contribution in [2.24, 2.45) is 11.7 Å². The lowest BCUT2D eigenvalue weighted by molar-refractivity contribution is -0.122. The van der Waals surface area contributed by atoms with Crippen LogP contribution in [0.5, 0.6) is 0 Å². The monoisotopic (exact) mass is 236 g/mol. The predicted octanol–water partition coefficient (Wildman–Crippen LogP) is 2.09. The van der Waals surface area contributed by atoms with Crippen molar-refractivity contribution < 1.29 is 4.79 Å². The lowest BCUT2D eigenvalue weighted by Crippen LogP contribution is -2.40. The molecule has 3 N–H and O–H groups in total. The third kappa shape index (κ3) is 10.0. The Hall–Kier alpha value is -0.280. The Morgan fingerprint density at radius 1 is 1.33 bits per heavy atom. The topological polar surface area (TPSA) is 55.1 Å². The Kier molecular flexibility index (Phi) is 11.7. The highest BCUT2D eigenvalue weighted by atomic mass is 35.5. The van der Waals surface area contributed by atoms with E-state index in [1.165, 1.54) is 0 Å². The molecule has 4 heteroatoms. The van der Waals surface area contributed by atoms with Crippen LogP contribution >= 0.6 is 12.4 Å². The second-order valence-corrected chi connectivity index (χ2v) is 4.22. The van der Waals surface area contributed by atoms with Crippen LogP contribution in [0.15, 0.2) is 0 Å². The van der Waals surface area contributed by atoms with Crippen LogP contribution in [-0.2, 0) is 4.79 Å². The number of nitrogens with one attached hydrogen (secondary N) is 1. The highest BCUT2D eigenvalue weighted by Gasteiger charge is 2.10. The van der Waals surface area contributed by atoms with Crippen molar-refractivity contribution in [1.82, 2.24) is 5.32 Å². The maximum absolute atomic E-state index is 11.3. The Balaban J connectivity index is 0. The van der Waals surface area contributed by atoms with Gasteiger partial charge >= 0.3 is 0 Å². The SMILES string of the molecule is CCCC(N)C(=O)NCCCC(C)C.Cl. The molecule has 0 fully saturated rings. The molecule has 0 aromatic carbocycles. The van der Waals surface area contributed by atoms with E-state index in [4.69, 9.17) is 5.73 Å². The zero-order valence-corrected chi connectivity index (χ0v) is 10.9. The van der Waals surface area contributed by atoms with E-state index in [2.05, 4.69) is 19.2 Å². The maximum Gasteiger partial charge on any atom is 0.236 e. The minimum Gasteiger partial charge on any atom is -0.355 e. The van der Waals surface area contributed by atoms with Gasteiger partial charge in [-0.1, -0.05) is 27.2 Å². The third-order valence-corrected chi connectivity index (χ3v) is 2.19. The second-order valence-electron chi connectivity index (χ2n) is 4.22. The maximum atomic E-state index is 11.3. The van der Waals surface area contributed by atoms with E-state index >= 15 is 0 Å². The number of hydrogen-bond acceptors (Lipinski definition) is 2. The summed E-state index contributed by atoms with van der Waals surface area (Å²) < 4.78 is 0. The van der Waals surface area contributed by atoms with Gasteiger partial charge in [-0.2, -0.15) is 0 Å². The Bertz CT molecular complexity index is 163. The molecule has 0 rings (SSSR count). The molecule has 0 aromatic rings. The number of halogens is 1. The van der Waals surface area contributed by atoms with Crippen molar-refractivity contribution in [3.8, 4) is 0 Å². The summed E-state index contributed by atoms with van der Waals surface area (Å²) in [6.07, 6.45) is 3.93.